The number of likely N-dealkylation sites (tertiary alicyclic amines) is 2. The van der Waals surface area contributed by atoms with Crippen molar-refractivity contribution in [3.8, 4) is 0 Å². The number of rotatable bonds is 2. The van der Waals surface area contributed by atoms with Gasteiger partial charge < -0.3 is 10.0 Å². The fraction of sp³-hybridized carbons (Fsp3) is 0.750. The van der Waals surface area contributed by atoms with Crippen LogP contribution in [0.1, 0.15) is 36.2 Å². The minimum atomic E-state index is -0.264. The number of carbonyl (C=O) groups excluding carboxylic acids is 1. The molecule has 2 aliphatic heterocycles. The highest BCUT2D eigenvalue weighted by Crippen LogP contribution is 2.39. The van der Waals surface area contributed by atoms with Gasteiger partial charge in [-0.05, 0) is 50.6 Å². The standard InChI is InChI=1S/C16H23ClN4O2/c17-12-7-18-19-15(12)16(23)21-8-10-5-13(20-3-1-2-4-20)14(22)6-11(10)9-21/h7,10-11,13-14,22H,1-6,8-9H2,(H,18,19)/t10-,11+,13-,14-/m1/s1. The lowest BCUT2D eigenvalue weighted by atomic mass is 9.77. The first-order valence-corrected chi connectivity index (χ1v) is 8.91. The fourth-order valence-corrected chi connectivity index (χ4v) is 4.79. The van der Waals surface area contributed by atoms with E-state index in [2.05, 4.69) is 15.1 Å². The highest BCUT2D eigenvalue weighted by Gasteiger charge is 2.45. The topological polar surface area (TPSA) is 72.5 Å². The van der Waals surface area contributed by atoms with Crippen molar-refractivity contribution in [1.82, 2.24) is 20.0 Å². The number of aliphatic hydroxyl groups excluding tert-OH is 1. The van der Waals surface area contributed by atoms with Crippen LogP contribution in [0.15, 0.2) is 6.20 Å². The molecule has 2 saturated heterocycles. The summed E-state index contributed by atoms with van der Waals surface area (Å²) in [5.41, 5.74) is 0.377. The predicted octanol–water partition coefficient (Wildman–Crippen LogP) is 1.37. The Bertz CT molecular complexity index is 586. The molecule has 3 fully saturated rings. The number of aromatic nitrogens is 2. The summed E-state index contributed by atoms with van der Waals surface area (Å²) in [6.45, 7) is 3.68. The first kappa shape index (κ1) is 15.4. The number of fused-ring (bicyclic) bond motifs is 1. The van der Waals surface area contributed by atoms with E-state index in [1.165, 1.54) is 19.0 Å². The summed E-state index contributed by atoms with van der Waals surface area (Å²) in [7, 11) is 0. The van der Waals surface area contributed by atoms with Crippen molar-refractivity contribution in [3.05, 3.63) is 16.9 Å². The number of hydrogen-bond acceptors (Lipinski definition) is 4. The smallest absolute Gasteiger partial charge is 0.273 e. The van der Waals surface area contributed by atoms with Crippen LogP contribution in [0, 0.1) is 11.8 Å². The fourth-order valence-electron chi connectivity index (χ4n) is 4.62. The summed E-state index contributed by atoms with van der Waals surface area (Å²) in [6, 6.07) is 0.268. The number of hydrogen-bond donors (Lipinski definition) is 2. The Hall–Kier alpha value is -1.11. The lowest BCUT2D eigenvalue weighted by molar-refractivity contribution is -0.000864. The number of halogens is 1. The highest BCUT2D eigenvalue weighted by atomic mass is 35.5. The lowest BCUT2D eigenvalue weighted by Gasteiger charge is -2.40. The molecule has 3 heterocycles. The molecule has 0 unspecified atom stereocenters. The zero-order valence-electron chi connectivity index (χ0n) is 13.1. The van der Waals surface area contributed by atoms with Crippen molar-refractivity contribution in [3.63, 3.8) is 0 Å². The Labute approximate surface area is 140 Å². The molecular formula is C16H23ClN4O2. The van der Waals surface area contributed by atoms with E-state index >= 15 is 0 Å². The molecule has 6 nitrogen and oxygen atoms in total. The molecule has 0 aromatic carbocycles. The first-order valence-electron chi connectivity index (χ1n) is 8.53. The van der Waals surface area contributed by atoms with Crippen LogP contribution >= 0.6 is 11.6 Å². The van der Waals surface area contributed by atoms with Gasteiger partial charge in [-0.3, -0.25) is 14.8 Å². The second-order valence-electron chi connectivity index (χ2n) is 7.17. The van der Waals surface area contributed by atoms with Gasteiger partial charge in [-0.15, -0.1) is 0 Å². The largest absolute Gasteiger partial charge is 0.391 e. The van der Waals surface area contributed by atoms with Gasteiger partial charge in [0.1, 0.15) is 5.69 Å². The molecule has 0 radical (unpaired) electrons. The van der Waals surface area contributed by atoms with Crippen LogP contribution in [0.4, 0.5) is 0 Å². The summed E-state index contributed by atoms with van der Waals surface area (Å²) in [4.78, 5) is 16.9. The summed E-state index contributed by atoms with van der Waals surface area (Å²) >= 11 is 6.01. The number of aromatic amines is 1. The second-order valence-corrected chi connectivity index (χ2v) is 7.58. The van der Waals surface area contributed by atoms with Crippen LogP contribution < -0.4 is 0 Å². The molecule has 4 atom stereocenters. The molecule has 1 aromatic heterocycles. The van der Waals surface area contributed by atoms with Gasteiger partial charge in [-0.1, -0.05) is 11.6 Å². The maximum absolute atomic E-state index is 12.6. The van der Waals surface area contributed by atoms with Gasteiger partial charge in [-0.25, -0.2) is 0 Å². The molecule has 2 N–H and O–H groups in total. The predicted molar refractivity (Wildman–Crippen MR) is 86.3 cm³/mol. The second kappa shape index (κ2) is 6.07. The Balaban J connectivity index is 1.45. The van der Waals surface area contributed by atoms with Crippen LogP contribution in [-0.2, 0) is 0 Å². The SMILES string of the molecule is O=C(c1[nH]ncc1Cl)N1C[C@H]2C[C@@H](N3CCCC3)[C@H](O)C[C@H]2C1. The molecule has 1 aliphatic carbocycles. The highest BCUT2D eigenvalue weighted by molar-refractivity contribution is 6.33. The minimum absolute atomic E-state index is 0.0749. The van der Waals surface area contributed by atoms with E-state index in [9.17, 15) is 9.90 Å². The van der Waals surface area contributed by atoms with Crippen molar-refractivity contribution in [2.45, 2.75) is 37.8 Å². The zero-order valence-corrected chi connectivity index (χ0v) is 13.9. The number of nitrogens with one attached hydrogen (secondary N) is 1. The molecule has 126 valence electrons. The normalized spacial score (nSPS) is 34.8. The Morgan fingerprint density at radius 3 is 2.61 bits per heavy atom. The molecule has 23 heavy (non-hydrogen) atoms. The average molecular weight is 339 g/mol. The number of carbonyl (C=O) groups is 1. The molecule has 1 saturated carbocycles. The number of H-pyrrole nitrogens is 1. The monoisotopic (exact) mass is 338 g/mol. The van der Waals surface area contributed by atoms with Crippen molar-refractivity contribution < 1.29 is 9.90 Å². The van der Waals surface area contributed by atoms with Crippen LogP contribution in [0.3, 0.4) is 0 Å². The zero-order chi connectivity index (χ0) is 16.0. The van der Waals surface area contributed by atoms with Gasteiger partial charge in [0.2, 0.25) is 0 Å². The number of nitrogens with zero attached hydrogens (tertiary/aromatic N) is 3. The molecule has 1 aromatic rings. The van der Waals surface area contributed by atoms with E-state index in [1.54, 1.807) is 0 Å². The molecule has 0 bridgehead atoms. The van der Waals surface area contributed by atoms with E-state index in [1.807, 2.05) is 4.90 Å². The van der Waals surface area contributed by atoms with Gasteiger partial charge >= 0.3 is 0 Å². The quantitative estimate of drug-likeness (QED) is 0.854. The van der Waals surface area contributed by atoms with Gasteiger partial charge in [0.05, 0.1) is 17.3 Å². The summed E-state index contributed by atoms with van der Waals surface area (Å²) in [5.74, 6) is 0.804. The minimum Gasteiger partial charge on any atom is -0.391 e. The first-order chi connectivity index (χ1) is 11.1. The van der Waals surface area contributed by atoms with Crippen LogP contribution in [0.5, 0.6) is 0 Å². The molecular weight excluding hydrogens is 316 g/mol. The van der Waals surface area contributed by atoms with E-state index in [4.69, 9.17) is 11.6 Å². The molecule has 7 heteroatoms. The maximum Gasteiger partial charge on any atom is 0.273 e. The summed E-state index contributed by atoms with van der Waals surface area (Å²) in [5, 5.41) is 17.4. The van der Waals surface area contributed by atoms with Gasteiger partial charge in [0.15, 0.2) is 0 Å². The third-order valence-corrected chi connectivity index (χ3v) is 6.10. The van der Waals surface area contributed by atoms with Crippen LogP contribution in [0.25, 0.3) is 0 Å². The van der Waals surface area contributed by atoms with Crippen LogP contribution in [0.2, 0.25) is 5.02 Å². The lowest BCUT2D eigenvalue weighted by Crippen LogP contribution is -2.48. The van der Waals surface area contributed by atoms with E-state index in [-0.39, 0.29) is 18.1 Å². The van der Waals surface area contributed by atoms with Gasteiger partial charge in [0.25, 0.3) is 5.91 Å². The average Bonchev–Trinajstić information content (AvgIpc) is 3.25. The summed E-state index contributed by atoms with van der Waals surface area (Å²) < 4.78 is 0. The van der Waals surface area contributed by atoms with Crippen molar-refractivity contribution in [2.24, 2.45) is 11.8 Å². The summed E-state index contributed by atoms with van der Waals surface area (Å²) in [6.07, 6.45) is 5.46. The third kappa shape index (κ3) is 2.77. The molecule has 0 spiro atoms. The maximum atomic E-state index is 12.6. The Kier molecular flexibility index (Phi) is 4.07. The van der Waals surface area contributed by atoms with Crippen molar-refractivity contribution in [2.75, 3.05) is 26.2 Å². The van der Waals surface area contributed by atoms with Crippen LogP contribution in [-0.4, -0.2) is 69.3 Å². The molecule has 4 rings (SSSR count). The third-order valence-electron chi connectivity index (χ3n) is 5.81. The van der Waals surface area contributed by atoms with Crippen molar-refractivity contribution >= 4 is 17.5 Å². The molecule has 1 amide bonds. The van der Waals surface area contributed by atoms with E-state index < -0.39 is 0 Å². The molecule has 3 aliphatic rings. The van der Waals surface area contributed by atoms with E-state index in [0.29, 0.717) is 29.1 Å². The van der Waals surface area contributed by atoms with Gasteiger partial charge in [-0.2, -0.15) is 5.10 Å². The van der Waals surface area contributed by atoms with Crippen molar-refractivity contribution in [1.29, 1.82) is 0 Å². The van der Waals surface area contributed by atoms with E-state index in [0.717, 1.165) is 32.5 Å². The number of amides is 1. The number of aliphatic hydroxyl groups is 1. The van der Waals surface area contributed by atoms with Gasteiger partial charge in [0, 0.05) is 19.1 Å². The Morgan fingerprint density at radius 2 is 1.96 bits per heavy atom. The Morgan fingerprint density at radius 1 is 1.26 bits per heavy atom.